The number of fused-ring (bicyclic) bond motifs is 1. The zero-order chi connectivity index (χ0) is 19.5. The van der Waals surface area contributed by atoms with Crippen LogP contribution in [0.3, 0.4) is 0 Å². The van der Waals surface area contributed by atoms with Gasteiger partial charge < -0.3 is 19.7 Å². The maximum absolute atomic E-state index is 5.58. The highest BCUT2D eigenvalue weighted by molar-refractivity contribution is 7.80. The van der Waals surface area contributed by atoms with Gasteiger partial charge in [0.05, 0.1) is 11.7 Å². The summed E-state index contributed by atoms with van der Waals surface area (Å²) in [6, 6.07) is 14.2. The standard InChI is InChI=1S/C20H21N5O2S/c1-14(16-4-6-17(7-5-16)25-12-21-11-23-25)24(2)20(28)22-10-15-3-8-18-19(9-15)27-13-26-18/h3-9,11-12,14H,10,13H2,1-2H3,(H,22,28)/t14-/m0/s1. The van der Waals surface area contributed by atoms with Crippen LogP contribution in [0.25, 0.3) is 5.69 Å². The molecule has 0 aliphatic carbocycles. The van der Waals surface area contributed by atoms with E-state index in [2.05, 4.69) is 34.5 Å². The SMILES string of the molecule is C[C@@H](c1ccc(-n2cncn2)cc1)N(C)C(=S)NCc1ccc2c(c1)OCO2. The first-order valence-electron chi connectivity index (χ1n) is 8.96. The van der Waals surface area contributed by atoms with Crippen LogP contribution in [0.1, 0.15) is 24.1 Å². The molecular formula is C20H21N5O2S. The Kier molecular flexibility index (Phi) is 5.12. The van der Waals surface area contributed by atoms with Crippen molar-refractivity contribution in [3.8, 4) is 17.2 Å². The molecule has 1 aliphatic rings. The van der Waals surface area contributed by atoms with Gasteiger partial charge in [0.25, 0.3) is 0 Å². The second kappa shape index (κ2) is 7.85. The summed E-state index contributed by atoms with van der Waals surface area (Å²) in [6.45, 7) is 3.03. The number of aromatic nitrogens is 3. The van der Waals surface area contributed by atoms with Gasteiger partial charge in [-0.2, -0.15) is 5.10 Å². The van der Waals surface area contributed by atoms with E-state index in [-0.39, 0.29) is 12.8 Å². The van der Waals surface area contributed by atoms with E-state index in [9.17, 15) is 0 Å². The van der Waals surface area contributed by atoms with Crippen LogP contribution in [0.5, 0.6) is 11.5 Å². The molecule has 0 bridgehead atoms. The molecule has 0 fully saturated rings. The fourth-order valence-corrected chi connectivity index (χ4v) is 3.23. The molecule has 0 amide bonds. The number of hydrogen-bond acceptors (Lipinski definition) is 5. The van der Waals surface area contributed by atoms with Crippen LogP contribution in [-0.2, 0) is 6.54 Å². The van der Waals surface area contributed by atoms with Gasteiger partial charge in [-0.25, -0.2) is 9.67 Å². The summed E-state index contributed by atoms with van der Waals surface area (Å²) in [6.07, 6.45) is 3.20. The zero-order valence-electron chi connectivity index (χ0n) is 15.7. The minimum absolute atomic E-state index is 0.126. The zero-order valence-corrected chi connectivity index (χ0v) is 16.5. The van der Waals surface area contributed by atoms with Crippen LogP contribution >= 0.6 is 12.2 Å². The molecule has 2 aromatic carbocycles. The summed E-state index contributed by atoms with van der Waals surface area (Å²) in [4.78, 5) is 6.02. The van der Waals surface area contributed by atoms with Gasteiger partial charge in [0.15, 0.2) is 16.6 Å². The number of rotatable bonds is 5. The van der Waals surface area contributed by atoms with Crippen LogP contribution < -0.4 is 14.8 Å². The highest BCUT2D eigenvalue weighted by Crippen LogP contribution is 2.32. The predicted octanol–water partition coefficient (Wildman–Crippen LogP) is 3.06. The second-order valence-corrected chi connectivity index (χ2v) is 6.95. The van der Waals surface area contributed by atoms with E-state index in [1.807, 2.05) is 42.3 Å². The van der Waals surface area contributed by atoms with E-state index in [1.54, 1.807) is 11.0 Å². The number of nitrogens with one attached hydrogen (secondary N) is 1. The van der Waals surface area contributed by atoms with Gasteiger partial charge in [0, 0.05) is 13.6 Å². The Labute approximate surface area is 168 Å². The number of hydrogen-bond donors (Lipinski definition) is 1. The molecule has 8 heteroatoms. The third-order valence-electron chi connectivity index (χ3n) is 4.84. The number of thiocarbonyl (C=S) groups is 1. The van der Waals surface area contributed by atoms with Gasteiger partial charge in [0.2, 0.25) is 6.79 Å². The second-order valence-electron chi connectivity index (χ2n) is 6.56. The van der Waals surface area contributed by atoms with E-state index in [4.69, 9.17) is 21.7 Å². The smallest absolute Gasteiger partial charge is 0.231 e. The lowest BCUT2D eigenvalue weighted by molar-refractivity contribution is 0.174. The summed E-state index contributed by atoms with van der Waals surface area (Å²) in [5, 5.41) is 8.15. The van der Waals surface area contributed by atoms with Crippen molar-refractivity contribution in [2.24, 2.45) is 0 Å². The van der Waals surface area contributed by atoms with Crippen molar-refractivity contribution in [2.45, 2.75) is 19.5 Å². The molecule has 0 saturated carbocycles. The average molecular weight is 395 g/mol. The Bertz CT molecular complexity index is 959. The fourth-order valence-electron chi connectivity index (χ4n) is 3.00. The fraction of sp³-hybridized carbons (Fsp3) is 0.250. The van der Waals surface area contributed by atoms with Crippen LogP contribution in [0.15, 0.2) is 55.1 Å². The summed E-state index contributed by atoms with van der Waals surface area (Å²) in [5.74, 6) is 1.56. The van der Waals surface area contributed by atoms with E-state index in [0.29, 0.717) is 11.7 Å². The molecule has 0 radical (unpaired) electrons. The molecule has 3 aromatic rings. The van der Waals surface area contributed by atoms with E-state index in [1.165, 1.54) is 11.9 Å². The molecule has 1 atom stereocenters. The van der Waals surface area contributed by atoms with E-state index in [0.717, 1.165) is 22.7 Å². The Balaban J connectivity index is 1.36. The van der Waals surface area contributed by atoms with Crippen LogP contribution in [0.4, 0.5) is 0 Å². The van der Waals surface area contributed by atoms with Gasteiger partial charge in [0.1, 0.15) is 12.7 Å². The number of ether oxygens (including phenoxy) is 2. The minimum atomic E-state index is 0.126. The summed E-state index contributed by atoms with van der Waals surface area (Å²) in [7, 11) is 1.99. The lowest BCUT2D eigenvalue weighted by Gasteiger charge is -2.28. The molecule has 1 aromatic heterocycles. The third-order valence-corrected chi connectivity index (χ3v) is 5.27. The minimum Gasteiger partial charge on any atom is -0.454 e. The highest BCUT2D eigenvalue weighted by atomic mass is 32.1. The molecule has 0 saturated heterocycles. The van der Waals surface area contributed by atoms with Crippen LogP contribution in [0.2, 0.25) is 0 Å². The molecule has 1 N–H and O–H groups in total. The van der Waals surface area contributed by atoms with Crippen LogP contribution in [0, 0.1) is 0 Å². The maximum atomic E-state index is 5.58. The molecule has 0 unspecified atom stereocenters. The van der Waals surface area contributed by atoms with Crippen molar-refractivity contribution in [3.05, 3.63) is 66.2 Å². The lowest BCUT2D eigenvalue weighted by atomic mass is 10.1. The molecule has 144 valence electrons. The Morgan fingerprint density at radius 2 is 2.00 bits per heavy atom. The Morgan fingerprint density at radius 3 is 2.75 bits per heavy atom. The first-order chi connectivity index (χ1) is 13.6. The van der Waals surface area contributed by atoms with Crippen LogP contribution in [-0.4, -0.2) is 38.6 Å². The number of benzene rings is 2. The first-order valence-corrected chi connectivity index (χ1v) is 9.37. The summed E-state index contributed by atoms with van der Waals surface area (Å²) in [5.41, 5.74) is 3.23. The molecule has 0 spiro atoms. The van der Waals surface area contributed by atoms with E-state index < -0.39 is 0 Å². The van der Waals surface area contributed by atoms with Gasteiger partial charge >= 0.3 is 0 Å². The molecule has 28 heavy (non-hydrogen) atoms. The van der Waals surface area contributed by atoms with Gasteiger partial charge in [-0.15, -0.1) is 0 Å². The molecule has 4 rings (SSSR count). The predicted molar refractivity (Wildman–Crippen MR) is 110 cm³/mol. The van der Waals surface area contributed by atoms with Crippen molar-refractivity contribution >= 4 is 17.3 Å². The highest BCUT2D eigenvalue weighted by Gasteiger charge is 2.16. The quantitative estimate of drug-likeness (QED) is 0.666. The normalized spacial score (nSPS) is 13.2. The van der Waals surface area contributed by atoms with Gasteiger partial charge in [-0.1, -0.05) is 18.2 Å². The van der Waals surface area contributed by atoms with Crippen molar-refractivity contribution in [2.75, 3.05) is 13.8 Å². The average Bonchev–Trinajstić information content (AvgIpc) is 3.42. The lowest BCUT2D eigenvalue weighted by Crippen LogP contribution is -2.38. The van der Waals surface area contributed by atoms with Crippen molar-refractivity contribution in [3.63, 3.8) is 0 Å². The monoisotopic (exact) mass is 395 g/mol. The molecule has 7 nitrogen and oxygen atoms in total. The van der Waals surface area contributed by atoms with Crippen molar-refractivity contribution < 1.29 is 9.47 Å². The largest absolute Gasteiger partial charge is 0.454 e. The molecule has 1 aliphatic heterocycles. The molecule has 2 heterocycles. The van der Waals surface area contributed by atoms with E-state index >= 15 is 0 Å². The first kappa shape index (κ1) is 18.2. The van der Waals surface area contributed by atoms with Gasteiger partial charge in [-0.05, 0) is 54.5 Å². The maximum Gasteiger partial charge on any atom is 0.231 e. The summed E-state index contributed by atoms with van der Waals surface area (Å²) < 4.78 is 12.5. The third kappa shape index (κ3) is 3.77. The molecular weight excluding hydrogens is 374 g/mol. The Hall–Kier alpha value is -3.13. The Morgan fingerprint density at radius 1 is 1.21 bits per heavy atom. The van der Waals surface area contributed by atoms with Crippen molar-refractivity contribution in [1.29, 1.82) is 0 Å². The summed E-state index contributed by atoms with van der Waals surface area (Å²) >= 11 is 5.58. The van der Waals surface area contributed by atoms with Gasteiger partial charge in [-0.3, -0.25) is 0 Å². The topological polar surface area (TPSA) is 64.4 Å². The van der Waals surface area contributed by atoms with Crippen molar-refractivity contribution in [1.82, 2.24) is 25.0 Å². The number of nitrogens with zero attached hydrogens (tertiary/aromatic N) is 4.